The third-order valence-corrected chi connectivity index (χ3v) is 5.95. The topological polar surface area (TPSA) is 75.7 Å². The van der Waals surface area contributed by atoms with Crippen LogP contribution >= 0.6 is 0 Å². The predicted octanol–water partition coefficient (Wildman–Crippen LogP) is 3.81. The zero-order valence-electron chi connectivity index (χ0n) is 15.9. The Morgan fingerprint density at radius 1 is 1.00 bits per heavy atom. The quantitative estimate of drug-likeness (QED) is 0.616. The highest BCUT2D eigenvalue weighted by molar-refractivity contribution is 7.92. The van der Waals surface area contributed by atoms with Gasteiger partial charge in [-0.05, 0) is 36.4 Å². The summed E-state index contributed by atoms with van der Waals surface area (Å²) in [6.07, 6.45) is 0. The average molecular weight is 432 g/mol. The standard InChI is InChI=1S/C21H18F2N2O4S/c1-29-17-7-5-6-16(13-17)25(30(27,28)18-8-3-2-4-9-18)14-21(26)24-20-11-10-15(22)12-19(20)23/h2-13H,14H2,1H3,(H,24,26). The molecule has 3 rings (SSSR count). The van der Waals surface area contributed by atoms with E-state index in [1.54, 1.807) is 30.3 Å². The maximum atomic E-state index is 13.9. The van der Waals surface area contributed by atoms with Gasteiger partial charge in [-0.25, -0.2) is 17.2 Å². The van der Waals surface area contributed by atoms with Gasteiger partial charge >= 0.3 is 0 Å². The fraction of sp³-hybridized carbons (Fsp3) is 0.0952. The number of hydrogen-bond donors (Lipinski definition) is 1. The minimum atomic E-state index is -4.12. The SMILES string of the molecule is COc1cccc(N(CC(=O)Nc2ccc(F)cc2F)S(=O)(=O)c2ccccc2)c1. The van der Waals surface area contributed by atoms with Crippen LogP contribution in [0.15, 0.2) is 77.7 Å². The Balaban J connectivity index is 1.96. The number of ether oxygens (including phenoxy) is 1. The van der Waals surface area contributed by atoms with Crippen LogP contribution in [-0.2, 0) is 14.8 Å². The molecule has 0 bridgehead atoms. The van der Waals surface area contributed by atoms with Gasteiger partial charge in [-0.2, -0.15) is 0 Å². The van der Waals surface area contributed by atoms with E-state index in [4.69, 9.17) is 4.74 Å². The number of methoxy groups -OCH3 is 1. The van der Waals surface area contributed by atoms with Crippen LogP contribution in [0.1, 0.15) is 0 Å². The van der Waals surface area contributed by atoms with E-state index in [1.807, 2.05) is 0 Å². The number of nitrogens with one attached hydrogen (secondary N) is 1. The fourth-order valence-corrected chi connectivity index (χ4v) is 4.15. The van der Waals surface area contributed by atoms with Gasteiger partial charge in [0.2, 0.25) is 5.91 Å². The lowest BCUT2D eigenvalue weighted by Crippen LogP contribution is -2.38. The minimum absolute atomic E-state index is 0.0198. The molecule has 156 valence electrons. The van der Waals surface area contributed by atoms with Gasteiger partial charge in [0, 0.05) is 12.1 Å². The van der Waals surface area contributed by atoms with Crippen molar-refractivity contribution in [3.63, 3.8) is 0 Å². The molecule has 0 aromatic heterocycles. The molecule has 0 heterocycles. The fourth-order valence-electron chi connectivity index (χ4n) is 2.71. The van der Waals surface area contributed by atoms with Crippen LogP contribution in [-0.4, -0.2) is 28.0 Å². The van der Waals surface area contributed by atoms with Gasteiger partial charge in [0.05, 0.1) is 23.4 Å². The van der Waals surface area contributed by atoms with Gasteiger partial charge in [0.15, 0.2) is 0 Å². The maximum Gasteiger partial charge on any atom is 0.264 e. The maximum absolute atomic E-state index is 13.9. The van der Waals surface area contributed by atoms with Crippen LogP contribution in [0.5, 0.6) is 5.75 Å². The Kier molecular flexibility index (Phi) is 6.31. The van der Waals surface area contributed by atoms with E-state index in [0.717, 1.165) is 16.4 Å². The lowest BCUT2D eigenvalue weighted by atomic mass is 10.3. The van der Waals surface area contributed by atoms with E-state index in [9.17, 15) is 22.0 Å². The lowest BCUT2D eigenvalue weighted by molar-refractivity contribution is -0.114. The van der Waals surface area contributed by atoms with Crippen molar-refractivity contribution in [2.24, 2.45) is 0 Å². The molecular formula is C21H18F2N2O4S. The van der Waals surface area contributed by atoms with E-state index in [0.29, 0.717) is 11.8 Å². The van der Waals surface area contributed by atoms with Gasteiger partial charge < -0.3 is 10.1 Å². The van der Waals surface area contributed by atoms with Gasteiger partial charge in [0.25, 0.3) is 10.0 Å². The Bertz CT molecular complexity index is 1150. The molecule has 0 atom stereocenters. The van der Waals surface area contributed by atoms with Gasteiger partial charge in [-0.3, -0.25) is 9.10 Å². The van der Waals surface area contributed by atoms with Crippen molar-refractivity contribution in [1.82, 2.24) is 0 Å². The monoisotopic (exact) mass is 432 g/mol. The second-order valence-electron chi connectivity index (χ2n) is 6.20. The zero-order chi connectivity index (χ0) is 21.7. The van der Waals surface area contributed by atoms with Crippen LogP contribution < -0.4 is 14.4 Å². The molecule has 1 N–H and O–H groups in total. The Morgan fingerprint density at radius 3 is 2.40 bits per heavy atom. The second-order valence-corrected chi connectivity index (χ2v) is 8.06. The molecule has 30 heavy (non-hydrogen) atoms. The third kappa shape index (κ3) is 4.74. The van der Waals surface area contributed by atoms with Crippen molar-refractivity contribution in [2.75, 3.05) is 23.3 Å². The molecule has 6 nitrogen and oxygen atoms in total. The molecule has 0 aliphatic carbocycles. The molecule has 0 radical (unpaired) electrons. The number of carbonyl (C=O) groups is 1. The Morgan fingerprint density at radius 2 is 1.73 bits per heavy atom. The van der Waals surface area contributed by atoms with Crippen LogP contribution in [0.3, 0.4) is 0 Å². The van der Waals surface area contributed by atoms with Crippen LogP contribution in [0.2, 0.25) is 0 Å². The summed E-state index contributed by atoms with van der Waals surface area (Å²) in [6, 6.07) is 16.4. The van der Waals surface area contributed by atoms with E-state index in [2.05, 4.69) is 5.32 Å². The highest BCUT2D eigenvalue weighted by Gasteiger charge is 2.27. The van der Waals surface area contributed by atoms with Gasteiger partial charge in [-0.15, -0.1) is 0 Å². The summed E-state index contributed by atoms with van der Waals surface area (Å²) in [6.45, 7) is -0.638. The smallest absolute Gasteiger partial charge is 0.264 e. The first kappa shape index (κ1) is 21.3. The van der Waals surface area contributed by atoms with E-state index in [-0.39, 0.29) is 16.3 Å². The summed E-state index contributed by atoms with van der Waals surface area (Å²) in [5, 5.41) is 2.27. The van der Waals surface area contributed by atoms with E-state index >= 15 is 0 Å². The highest BCUT2D eigenvalue weighted by atomic mass is 32.2. The molecule has 0 aliphatic rings. The molecule has 0 saturated heterocycles. The molecule has 0 aliphatic heterocycles. The minimum Gasteiger partial charge on any atom is -0.497 e. The number of carbonyl (C=O) groups excluding carboxylic acids is 1. The number of benzene rings is 3. The summed E-state index contributed by atoms with van der Waals surface area (Å²) in [5.74, 6) is -2.18. The number of anilines is 2. The number of amides is 1. The third-order valence-electron chi connectivity index (χ3n) is 4.16. The molecule has 1 amide bonds. The van der Waals surface area contributed by atoms with Crippen molar-refractivity contribution >= 4 is 27.3 Å². The molecule has 0 spiro atoms. The summed E-state index contributed by atoms with van der Waals surface area (Å²) < 4.78 is 59.4. The van der Waals surface area contributed by atoms with Crippen molar-refractivity contribution in [2.45, 2.75) is 4.90 Å². The van der Waals surface area contributed by atoms with Gasteiger partial charge in [0.1, 0.15) is 23.9 Å². The first-order chi connectivity index (χ1) is 14.3. The number of rotatable bonds is 7. The van der Waals surface area contributed by atoms with E-state index in [1.165, 1.54) is 31.4 Å². The van der Waals surface area contributed by atoms with Crippen LogP contribution in [0, 0.1) is 11.6 Å². The lowest BCUT2D eigenvalue weighted by Gasteiger charge is -2.24. The van der Waals surface area contributed by atoms with Crippen molar-refractivity contribution in [3.8, 4) is 5.75 Å². The van der Waals surface area contributed by atoms with E-state index < -0.39 is 34.1 Å². The van der Waals surface area contributed by atoms with Crippen LogP contribution in [0.25, 0.3) is 0 Å². The number of sulfonamides is 1. The molecule has 0 fully saturated rings. The number of hydrogen-bond acceptors (Lipinski definition) is 4. The van der Waals surface area contributed by atoms with Crippen molar-refractivity contribution in [1.29, 1.82) is 0 Å². The molecular weight excluding hydrogens is 414 g/mol. The second kappa shape index (κ2) is 8.91. The van der Waals surface area contributed by atoms with Crippen LogP contribution in [0.4, 0.5) is 20.2 Å². The first-order valence-electron chi connectivity index (χ1n) is 8.78. The number of halogens is 2. The normalized spacial score (nSPS) is 11.0. The predicted molar refractivity (Wildman–Crippen MR) is 109 cm³/mol. The number of nitrogens with zero attached hydrogens (tertiary/aromatic N) is 1. The zero-order valence-corrected chi connectivity index (χ0v) is 16.7. The largest absolute Gasteiger partial charge is 0.497 e. The molecule has 0 saturated carbocycles. The first-order valence-corrected chi connectivity index (χ1v) is 10.2. The summed E-state index contributed by atoms with van der Waals surface area (Å²) >= 11 is 0. The highest BCUT2D eigenvalue weighted by Crippen LogP contribution is 2.27. The molecule has 3 aromatic rings. The molecule has 9 heteroatoms. The summed E-state index contributed by atoms with van der Waals surface area (Å²) in [5.41, 5.74) is -0.0722. The molecule has 3 aromatic carbocycles. The van der Waals surface area contributed by atoms with Crippen molar-refractivity contribution in [3.05, 3.63) is 84.4 Å². The Hall–Kier alpha value is -3.46. The van der Waals surface area contributed by atoms with Gasteiger partial charge in [-0.1, -0.05) is 24.3 Å². The Labute approximate surface area is 172 Å². The average Bonchev–Trinajstić information content (AvgIpc) is 2.74. The summed E-state index contributed by atoms with van der Waals surface area (Å²) in [4.78, 5) is 12.5. The molecule has 0 unspecified atom stereocenters. The summed E-state index contributed by atoms with van der Waals surface area (Å²) in [7, 11) is -2.69. The van der Waals surface area contributed by atoms with Crippen molar-refractivity contribution < 1.29 is 26.7 Å².